The maximum Gasteiger partial charge on any atom is 0.290 e. The molecule has 2 rings (SSSR count). The van der Waals surface area contributed by atoms with Crippen molar-refractivity contribution in [1.29, 1.82) is 0 Å². The van der Waals surface area contributed by atoms with Crippen molar-refractivity contribution in [3.63, 3.8) is 0 Å². The minimum Gasteiger partial charge on any atom is -0.388 e. The quantitative estimate of drug-likeness (QED) is 0.659. The van der Waals surface area contributed by atoms with E-state index in [4.69, 9.17) is 5.11 Å². The van der Waals surface area contributed by atoms with E-state index in [1.165, 1.54) is 18.0 Å². The highest BCUT2D eigenvalue weighted by atomic mass is 32.2. The number of hydrogen-bond donors (Lipinski definition) is 1. The summed E-state index contributed by atoms with van der Waals surface area (Å²) in [7, 11) is 1.73. The molecule has 0 atom stereocenters. The molecule has 0 saturated carbocycles. The molecule has 19 heavy (non-hydrogen) atoms. The molecule has 1 N–H and O–H groups in total. The zero-order chi connectivity index (χ0) is 14.0. The Kier molecular flexibility index (Phi) is 3.76. The molecule has 0 aromatic carbocycles. The fraction of sp³-hybridized carbons (Fsp3) is 0.300. The summed E-state index contributed by atoms with van der Waals surface area (Å²) in [5, 5.41) is 28.6. The summed E-state index contributed by atoms with van der Waals surface area (Å²) in [5.41, 5.74) is 0.519. The van der Waals surface area contributed by atoms with Gasteiger partial charge in [0.25, 0.3) is 5.69 Å². The molecule has 9 heteroatoms. The first-order chi connectivity index (χ1) is 9.02. The molecular weight excluding hydrogens is 270 g/mol. The minimum atomic E-state index is -0.469. The molecule has 0 radical (unpaired) electrons. The van der Waals surface area contributed by atoms with Crippen LogP contribution in [0.3, 0.4) is 0 Å². The first-order valence-electron chi connectivity index (χ1n) is 5.31. The van der Waals surface area contributed by atoms with Crippen LogP contribution in [-0.2, 0) is 13.7 Å². The molecule has 0 aliphatic heterocycles. The van der Waals surface area contributed by atoms with E-state index in [1.54, 1.807) is 24.6 Å². The summed E-state index contributed by atoms with van der Waals surface area (Å²) in [4.78, 5) is 14.2. The van der Waals surface area contributed by atoms with Crippen LogP contribution >= 0.6 is 11.8 Å². The number of aliphatic hydroxyl groups is 1. The van der Waals surface area contributed by atoms with Gasteiger partial charge in [0.2, 0.25) is 0 Å². The SMILES string of the molecule is Cc1cc(Sc2nnc(CO)n2C)ncc1[N+](=O)[O-]. The van der Waals surface area contributed by atoms with E-state index in [2.05, 4.69) is 15.2 Å². The van der Waals surface area contributed by atoms with Gasteiger partial charge in [-0.3, -0.25) is 10.1 Å². The molecule has 0 aliphatic carbocycles. The van der Waals surface area contributed by atoms with Crippen LogP contribution in [0.1, 0.15) is 11.4 Å². The Balaban J connectivity index is 2.26. The Bertz CT molecular complexity index is 628. The largest absolute Gasteiger partial charge is 0.388 e. The summed E-state index contributed by atoms with van der Waals surface area (Å²) in [6, 6.07) is 1.62. The van der Waals surface area contributed by atoms with Gasteiger partial charge in [0.05, 0.1) is 4.92 Å². The van der Waals surface area contributed by atoms with Gasteiger partial charge in [0, 0.05) is 12.6 Å². The smallest absolute Gasteiger partial charge is 0.290 e. The Morgan fingerprint density at radius 3 is 2.79 bits per heavy atom. The molecular formula is C10H11N5O3S. The Hall–Kier alpha value is -2.00. The first-order valence-corrected chi connectivity index (χ1v) is 6.12. The number of aryl methyl sites for hydroxylation is 1. The van der Waals surface area contributed by atoms with Crippen LogP contribution < -0.4 is 0 Å². The first kappa shape index (κ1) is 13.4. The van der Waals surface area contributed by atoms with Gasteiger partial charge in [0.15, 0.2) is 11.0 Å². The lowest BCUT2D eigenvalue weighted by Gasteiger charge is -2.02. The molecule has 0 amide bonds. The Morgan fingerprint density at radius 1 is 1.53 bits per heavy atom. The Morgan fingerprint density at radius 2 is 2.26 bits per heavy atom. The summed E-state index contributed by atoms with van der Waals surface area (Å²) in [6.45, 7) is 1.45. The van der Waals surface area contributed by atoms with Crippen molar-refractivity contribution >= 4 is 17.4 Å². The molecule has 2 aromatic heterocycles. The van der Waals surface area contributed by atoms with E-state index in [9.17, 15) is 10.1 Å². The Labute approximate surface area is 112 Å². The predicted octanol–water partition coefficient (Wildman–Crippen LogP) is 1.07. The molecule has 0 unspecified atom stereocenters. The van der Waals surface area contributed by atoms with Crippen LogP contribution in [0.15, 0.2) is 22.4 Å². The monoisotopic (exact) mass is 281 g/mol. The van der Waals surface area contributed by atoms with Gasteiger partial charge in [0.1, 0.15) is 17.8 Å². The fourth-order valence-corrected chi connectivity index (χ4v) is 2.29. The van der Waals surface area contributed by atoms with E-state index >= 15 is 0 Å². The average Bonchev–Trinajstić information content (AvgIpc) is 2.70. The predicted molar refractivity (Wildman–Crippen MR) is 66.7 cm³/mol. The van der Waals surface area contributed by atoms with E-state index in [0.29, 0.717) is 21.6 Å². The molecule has 8 nitrogen and oxygen atoms in total. The van der Waals surface area contributed by atoms with Crippen LogP contribution in [0.4, 0.5) is 5.69 Å². The van der Waals surface area contributed by atoms with Gasteiger partial charge < -0.3 is 9.67 Å². The van der Waals surface area contributed by atoms with E-state index < -0.39 is 4.92 Å². The van der Waals surface area contributed by atoms with Crippen molar-refractivity contribution in [3.05, 3.63) is 33.8 Å². The average molecular weight is 281 g/mol. The van der Waals surface area contributed by atoms with Crippen molar-refractivity contribution in [2.75, 3.05) is 0 Å². The molecule has 0 bridgehead atoms. The fourth-order valence-electron chi connectivity index (χ4n) is 1.44. The second-order valence-electron chi connectivity index (χ2n) is 3.78. The zero-order valence-corrected chi connectivity index (χ0v) is 11.1. The summed E-state index contributed by atoms with van der Waals surface area (Å²) in [6.07, 6.45) is 1.22. The van der Waals surface area contributed by atoms with E-state index in [-0.39, 0.29) is 12.3 Å². The van der Waals surface area contributed by atoms with Crippen molar-refractivity contribution in [1.82, 2.24) is 19.7 Å². The van der Waals surface area contributed by atoms with E-state index in [0.717, 1.165) is 0 Å². The number of nitro groups is 1. The summed E-state index contributed by atoms with van der Waals surface area (Å²) < 4.78 is 1.64. The third-order valence-electron chi connectivity index (χ3n) is 2.52. The third-order valence-corrected chi connectivity index (χ3v) is 3.49. The standard InChI is InChI=1S/C10H11N5O3S/c1-6-3-9(11-4-7(6)15(17)18)19-10-13-12-8(5-16)14(10)2/h3-4,16H,5H2,1-2H3. The van der Waals surface area contributed by atoms with Crippen molar-refractivity contribution in [2.24, 2.45) is 7.05 Å². The molecule has 2 heterocycles. The maximum atomic E-state index is 10.7. The highest BCUT2D eigenvalue weighted by Gasteiger charge is 2.14. The van der Waals surface area contributed by atoms with Crippen LogP contribution in [0.5, 0.6) is 0 Å². The minimum absolute atomic E-state index is 0.0154. The summed E-state index contributed by atoms with van der Waals surface area (Å²) >= 11 is 1.23. The molecule has 0 aliphatic rings. The highest BCUT2D eigenvalue weighted by Crippen LogP contribution is 2.27. The van der Waals surface area contributed by atoms with Gasteiger partial charge in [-0.2, -0.15) is 0 Å². The normalized spacial score (nSPS) is 10.7. The number of pyridine rings is 1. The number of nitrogens with zero attached hydrogens (tertiary/aromatic N) is 5. The van der Waals surface area contributed by atoms with Crippen molar-refractivity contribution in [3.8, 4) is 0 Å². The van der Waals surface area contributed by atoms with Gasteiger partial charge in [-0.15, -0.1) is 10.2 Å². The van der Waals surface area contributed by atoms with Gasteiger partial charge in [-0.25, -0.2) is 4.98 Å². The van der Waals surface area contributed by atoms with Gasteiger partial charge in [-0.1, -0.05) is 0 Å². The lowest BCUT2D eigenvalue weighted by molar-refractivity contribution is -0.385. The lowest BCUT2D eigenvalue weighted by atomic mass is 10.3. The molecule has 0 fully saturated rings. The molecule has 2 aromatic rings. The summed E-state index contributed by atoms with van der Waals surface area (Å²) in [5.74, 6) is 0.445. The molecule has 0 spiro atoms. The topological polar surface area (TPSA) is 107 Å². The van der Waals surface area contributed by atoms with Crippen LogP contribution in [0, 0.1) is 17.0 Å². The second-order valence-corrected chi connectivity index (χ2v) is 4.77. The number of rotatable bonds is 4. The lowest BCUT2D eigenvalue weighted by Crippen LogP contribution is -1.99. The zero-order valence-electron chi connectivity index (χ0n) is 10.3. The van der Waals surface area contributed by atoms with Crippen LogP contribution in [-0.4, -0.2) is 29.8 Å². The van der Waals surface area contributed by atoms with Gasteiger partial charge >= 0.3 is 0 Å². The number of aromatic nitrogens is 4. The van der Waals surface area contributed by atoms with Crippen molar-refractivity contribution < 1.29 is 10.0 Å². The number of aliphatic hydroxyl groups excluding tert-OH is 1. The highest BCUT2D eigenvalue weighted by molar-refractivity contribution is 7.99. The second kappa shape index (κ2) is 5.33. The van der Waals surface area contributed by atoms with Crippen LogP contribution in [0.2, 0.25) is 0 Å². The maximum absolute atomic E-state index is 10.7. The van der Waals surface area contributed by atoms with Crippen molar-refractivity contribution in [2.45, 2.75) is 23.7 Å². The number of hydrogen-bond acceptors (Lipinski definition) is 7. The third kappa shape index (κ3) is 2.71. The van der Waals surface area contributed by atoms with Gasteiger partial charge in [-0.05, 0) is 24.8 Å². The van der Waals surface area contributed by atoms with Crippen LogP contribution in [0.25, 0.3) is 0 Å². The van der Waals surface area contributed by atoms with E-state index in [1.807, 2.05) is 0 Å². The molecule has 100 valence electrons. The molecule has 0 saturated heterocycles.